The Morgan fingerprint density at radius 1 is 1.00 bits per heavy atom. The number of ether oxygens (including phenoxy) is 1. The number of fused-ring (bicyclic) bond motifs is 1. The van der Waals surface area contributed by atoms with Gasteiger partial charge < -0.3 is 4.74 Å². The number of carbonyl (C=O) groups excluding carboxylic acids is 1. The van der Waals surface area contributed by atoms with Crippen molar-refractivity contribution in [2.45, 2.75) is 12.6 Å². The third-order valence-electron chi connectivity index (χ3n) is 3.27. The van der Waals surface area contributed by atoms with Crippen LogP contribution in [-0.2, 0) is 11.2 Å². The molecule has 19 heavy (non-hydrogen) atoms. The molecule has 1 aliphatic heterocycles. The minimum absolute atomic E-state index is 0.243. The summed E-state index contributed by atoms with van der Waals surface area (Å²) in [7, 11) is 0. The number of esters is 1. The topological polar surface area (TPSA) is 38.3 Å². The molecule has 0 saturated carbocycles. The van der Waals surface area contributed by atoms with Gasteiger partial charge in [-0.2, -0.15) is 0 Å². The quantitative estimate of drug-likeness (QED) is 0.851. The first-order valence-corrected chi connectivity index (χ1v) is 6.42. The molecule has 0 amide bonds. The Kier molecular flexibility index (Phi) is 3.29. The van der Waals surface area contributed by atoms with Gasteiger partial charge in [-0.05, 0) is 18.1 Å². The molecule has 0 spiro atoms. The van der Waals surface area contributed by atoms with Crippen LogP contribution in [0, 0.1) is 0 Å². The van der Waals surface area contributed by atoms with Crippen LogP contribution in [-0.4, -0.2) is 12.5 Å². The van der Waals surface area contributed by atoms with Gasteiger partial charge >= 0.3 is 5.97 Å². The number of hydrogen-bond acceptors (Lipinski definition) is 3. The minimum atomic E-state index is -0.313. The number of carbonyl (C=O) groups is 1. The zero-order valence-electron chi connectivity index (χ0n) is 10.5. The van der Waals surface area contributed by atoms with E-state index in [1.807, 2.05) is 36.4 Å². The molecule has 0 fully saturated rings. The largest absolute Gasteiger partial charge is 0.439 e. The minimum Gasteiger partial charge on any atom is -0.439 e. The number of nitrogens with one attached hydrogen (secondary N) is 1. The van der Waals surface area contributed by atoms with Gasteiger partial charge in [-0.1, -0.05) is 48.5 Å². The van der Waals surface area contributed by atoms with Crippen molar-refractivity contribution in [3.05, 3.63) is 71.3 Å². The third kappa shape index (κ3) is 2.51. The molecule has 3 nitrogen and oxygen atoms in total. The summed E-state index contributed by atoms with van der Waals surface area (Å²) in [6.45, 7) is 0.774. The summed E-state index contributed by atoms with van der Waals surface area (Å²) in [5.41, 5.74) is 2.87. The number of rotatable bonds is 4. The summed E-state index contributed by atoms with van der Waals surface area (Å²) in [6, 6.07) is 17.8. The summed E-state index contributed by atoms with van der Waals surface area (Å²) >= 11 is 0. The van der Waals surface area contributed by atoms with Crippen molar-refractivity contribution in [2.24, 2.45) is 0 Å². The fourth-order valence-electron chi connectivity index (χ4n) is 2.29. The molecule has 1 atom stereocenters. The summed E-state index contributed by atoms with van der Waals surface area (Å²) in [4.78, 5) is 11.6. The van der Waals surface area contributed by atoms with Crippen molar-refractivity contribution in [2.75, 3.05) is 6.54 Å². The molecule has 2 aromatic carbocycles. The second-order valence-corrected chi connectivity index (χ2v) is 4.56. The number of cyclic esters (lactones) is 1. The van der Waals surface area contributed by atoms with Crippen LogP contribution in [0.5, 0.6) is 0 Å². The predicted molar refractivity (Wildman–Crippen MR) is 72.7 cm³/mol. The van der Waals surface area contributed by atoms with Crippen LogP contribution in [0.2, 0.25) is 0 Å². The molecule has 1 aliphatic rings. The third-order valence-corrected chi connectivity index (χ3v) is 3.27. The van der Waals surface area contributed by atoms with Crippen LogP contribution in [0.25, 0.3) is 0 Å². The maximum atomic E-state index is 11.6. The molecule has 0 aromatic heterocycles. The van der Waals surface area contributed by atoms with E-state index in [9.17, 15) is 4.79 Å². The molecule has 3 rings (SSSR count). The van der Waals surface area contributed by atoms with Gasteiger partial charge in [-0.25, -0.2) is 4.79 Å². The maximum Gasteiger partial charge on any atom is 0.340 e. The zero-order chi connectivity index (χ0) is 13.1. The van der Waals surface area contributed by atoms with Crippen LogP contribution >= 0.6 is 0 Å². The van der Waals surface area contributed by atoms with E-state index in [-0.39, 0.29) is 12.2 Å². The second kappa shape index (κ2) is 5.24. The van der Waals surface area contributed by atoms with E-state index in [4.69, 9.17) is 4.74 Å². The Bertz CT molecular complexity index is 580. The Hall–Kier alpha value is -2.13. The van der Waals surface area contributed by atoms with Crippen molar-refractivity contribution in [1.29, 1.82) is 0 Å². The van der Waals surface area contributed by atoms with Crippen LogP contribution < -0.4 is 5.32 Å². The Balaban J connectivity index is 1.62. The van der Waals surface area contributed by atoms with Crippen molar-refractivity contribution in [1.82, 2.24) is 5.32 Å². The standard InChI is InChI=1S/C16H15NO2/c18-16-14-9-5-4-8-13(14)15(19-16)17-11-10-12-6-2-1-3-7-12/h1-9,15,17H,10-11H2. The molecule has 3 heteroatoms. The first kappa shape index (κ1) is 11.9. The monoisotopic (exact) mass is 253 g/mol. The van der Waals surface area contributed by atoms with E-state index >= 15 is 0 Å². The molecule has 0 saturated heterocycles. The van der Waals surface area contributed by atoms with Crippen LogP contribution in [0.1, 0.15) is 27.7 Å². The highest BCUT2D eigenvalue weighted by Gasteiger charge is 2.29. The first-order chi connectivity index (χ1) is 9.34. The molecule has 0 bridgehead atoms. The van der Waals surface area contributed by atoms with Crippen molar-refractivity contribution >= 4 is 5.97 Å². The normalized spacial score (nSPS) is 17.1. The molecule has 1 N–H and O–H groups in total. The summed E-state index contributed by atoms with van der Waals surface area (Å²) < 4.78 is 5.32. The van der Waals surface area contributed by atoms with E-state index in [1.54, 1.807) is 6.07 Å². The first-order valence-electron chi connectivity index (χ1n) is 6.42. The van der Waals surface area contributed by atoms with Gasteiger partial charge in [0.1, 0.15) is 0 Å². The van der Waals surface area contributed by atoms with Gasteiger partial charge in [0.25, 0.3) is 0 Å². The highest BCUT2D eigenvalue weighted by Crippen LogP contribution is 2.27. The number of hydrogen-bond donors (Lipinski definition) is 1. The average molecular weight is 253 g/mol. The molecule has 2 aromatic rings. The average Bonchev–Trinajstić information content (AvgIpc) is 2.78. The summed E-state index contributed by atoms with van der Waals surface area (Å²) in [6.07, 6.45) is 0.601. The van der Waals surface area contributed by atoms with Crippen molar-refractivity contribution in [3.8, 4) is 0 Å². The molecule has 96 valence electrons. The fourth-order valence-corrected chi connectivity index (χ4v) is 2.29. The van der Waals surface area contributed by atoms with Crippen LogP contribution in [0.15, 0.2) is 54.6 Å². The van der Waals surface area contributed by atoms with Crippen molar-refractivity contribution < 1.29 is 9.53 Å². The van der Waals surface area contributed by atoms with E-state index in [2.05, 4.69) is 17.4 Å². The molecule has 1 unspecified atom stereocenters. The van der Waals surface area contributed by atoms with E-state index in [0.717, 1.165) is 18.5 Å². The molecule has 1 heterocycles. The smallest absolute Gasteiger partial charge is 0.340 e. The second-order valence-electron chi connectivity index (χ2n) is 4.56. The summed E-state index contributed by atoms with van der Waals surface area (Å²) in [5.74, 6) is -0.243. The maximum absolute atomic E-state index is 11.6. The van der Waals surface area contributed by atoms with Gasteiger partial charge in [-0.15, -0.1) is 0 Å². The lowest BCUT2D eigenvalue weighted by Gasteiger charge is -2.12. The van der Waals surface area contributed by atoms with E-state index < -0.39 is 0 Å². The van der Waals surface area contributed by atoms with Gasteiger partial charge in [0.15, 0.2) is 6.23 Å². The lowest BCUT2D eigenvalue weighted by atomic mass is 10.1. The van der Waals surface area contributed by atoms with Crippen LogP contribution in [0.3, 0.4) is 0 Å². The molecular formula is C16H15NO2. The Morgan fingerprint density at radius 2 is 1.74 bits per heavy atom. The lowest BCUT2D eigenvalue weighted by molar-refractivity contribution is 0.0310. The van der Waals surface area contributed by atoms with Gasteiger partial charge in [0, 0.05) is 12.1 Å². The molecule has 0 radical (unpaired) electrons. The van der Waals surface area contributed by atoms with Crippen LogP contribution in [0.4, 0.5) is 0 Å². The predicted octanol–water partition coefficient (Wildman–Crippen LogP) is 2.69. The molecular weight excluding hydrogens is 238 g/mol. The Labute approximate surface area is 112 Å². The SMILES string of the molecule is O=C1OC(NCCc2ccccc2)c2ccccc21. The van der Waals surface area contributed by atoms with Crippen molar-refractivity contribution in [3.63, 3.8) is 0 Å². The van der Waals surface area contributed by atoms with E-state index in [0.29, 0.717) is 5.56 Å². The summed E-state index contributed by atoms with van der Waals surface area (Å²) in [5, 5.41) is 3.27. The van der Waals surface area contributed by atoms with E-state index in [1.165, 1.54) is 5.56 Å². The highest BCUT2D eigenvalue weighted by atomic mass is 16.6. The van der Waals surface area contributed by atoms with Gasteiger partial charge in [0.05, 0.1) is 5.56 Å². The highest BCUT2D eigenvalue weighted by molar-refractivity contribution is 5.93. The fraction of sp³-hybridized carbons (Fsp3) is 0.188. The van der Waals surface area contributed by atoms with Gasteiger partial charge in [0.2, 0.25) is 0 Å². The molecule has 0 aliphatic carbocycles. The lowest BCUT2D eigenvalue weighted by Crippen LogP contribution is -2.23. The zero-order valence-corrected chi connectivity index (χ0v) is 10.5. The number of benzene rings is 2. The Morgan fingerprint density at radius 3 is 2.58 bits per heavy atom. The van der Waals surface area contributed by atoms with Gasteiger partial charge in [-0.3, -0.25) is 5.32 Å².